The Hall–Kier alpha value is -2.69. The number of ketones is 1. The van der Waals surface area contributed by atoms with Gasteiger partial charge in [-0.3, -0.25) is 4.79 Å². The predicted octanol–water partition coefficient (Wildman–Crippen LogP) is 2.90. The van der Waals surface area contributed by atoms with Gasteiger partial charge in [0.1, 0.15) is 5.56 Å². The second kappa shape index (κ2) is 6.19. The monoisotopic (exact) mass is 403 g/mol. The summed E-state index contributed by atoms with van der Waals surface area (Å²) in [6, 6.07) is 1.94. The van der Waals surface area contributed by atoms with Crippen molar-refractivity contribution in [3.8, 4) is 0 Å². The highest BCUT2D eigenvalue weighted by Crippen LogP contribution is 2.44. The molecule has 1 aromatic carbocycles. The third-order valence-corrected chi connectivity index (χ3v) is 5.18. The van der Waals surface area contributed by atoms with E-state index in [1.54, 1.807) is 0 Å². The van der Waals surface area contributed by atoms with E-state index in [1.165, 1.54) is 0 Å². The van der Waals surface area contributed by atoms with Crippen molar-refractivity contribution in [1.29, 1.82) is 0 Å². The molecule has 0 unspecified atom stereocenters. The first-order chi connectivity index (χ1) is 12.4. The van der Waals surface area contributed by atoms with Crippen molar-refractivity contribution in [2.75, 3.05) is 6.26 Å². The van der Waals surface area contributed by atoms with E-state index in [1.807, 2.05) is 0 Å². The number of rotatable bonds is 5. The molecule has 1 heterocycles. The number of aromatic nitrogens is 1. The van der Waals surface area contributed by atoms with Gasteiger partial charge in [0.2, 0.25) is 5.69 Å². The van der Waals surface area contributed by atoms with Gasteiger partial charge in [-0.2, -0.15) is 13.2 Å². The Morgan fingerprint density at radius 2 is 1.89 bits per heavy atom. The number of nitrogens with zero attached hydrogens (tertiary/aromatic N) is 1. The zero-order valence-corrected chi connectivity index (χ0v) is 14.5. The van der Waals surface area contributed by atoms with Crippen molar-refractivity contribution in [3.63, 3.8) is 0 Å². The van der Waals surface area contributed by atoms with Gasteiger partial charge in [0.15, 0.2) is 21.4 Å². The Morgan fingerprint density at radius 3 is 2.37 bits per heavy atom. The third kappa shape index (κ3) is 3.59. The van der Waals surface area contributed by atoms with Gasteiger partial charge >= 0.3 is 12.1 Å². The molecule has 2 aromatic rings. The zero-order valence-electron chi connectivity index (χ0n) is 13.7. The Bertz CT molecular complexity index is 1050. The molecule has 1 fully saturated rings. The van der Waals surface area contributed by atoms with Crippen molar-refractivity contribution in [2.24, 2.45) is 0 Å². The summed E-state index contributed by atoms with van der Waals surface area (Å²) in [7, 11) is -3.95. The van der Waals surface area contributed by atoms with Crippen molar-refractivity contribution in [1.82, 2.24) is 5.16 Å². The highest BCUT2D eigenvalue weighted by atomic mass is 32.2. The number of carboxylic acid groups (broad SMARTS) is 1. The van der Waals surface area contributed by atoms with E-state index in [-0.39, 0.29) is 11.7 Å². The van der Waals surface area contributed by atoms with Crippen LogP contribution in [0.25, 0.3) is 0 Å². The number of carbonyl (C=O) groups excluding carboxylic acids is 1. The van der Waals surface area contributed by atoms with Gasteiger partial charge in [0, 0.05) is 17.7 Å². The van der Waals surface area contributed by atoms with Crippen LogP contribution in [0.1, 0.15) is 56.5 Å². The van der Waals surface area contributed by atoms with Gasteiger partial charge in [-0.25, -0.2) is 13.2 Å². The van der Waals surface area contributed by atoms with E-state index in [9.17, 15) is 36.3 Å². The minimum absolute atomic E-state index is 0.0716. The normalized spacial score (nSPS) is 15.0. The molecule has 0 radical (unpaired) electrons. The minimum atomic E-state index is -5.04. The van der Waals surface area contributed by atoms with Crippen LogP contribution in [-0.2, 0) is 16.0 Å². The van der Waals surface area contributed by atoms with Gasteiger partial charge in [0.25, 0.3) is 0 Å². The van der Waals surface area contributed by atoms with Crippen molar-refractivity contribution in [3.05, 3.63) is 46.3 Å². The molecule has 0 amide bonds. The fourth-order valence-corrected chi connectivity index (χ4v) is 3.26. The summed E-state index contributed by atoms with van der Waals surface area (Å²) in [5.74, 6) is -3.20. The van der Waals surface area contributed by atoms with E-state index in [0.717, 1.165) is 18.4 Å². The van der Waals surface area contributed by atoms with Gasteiger partial charge in [-0.15, -0.1) is 0 Å². The maximum absolute atomic E-state index is 13.4. The fraction of sp³-hybridized carbons (Fsp3) is 0.312. The lowest BCUT2D eigenvalue weighted by atomic mass is 9.95. The minimum Gasteiger partial charge on any atom is -0.476 e. The first kappa shape index (κ1) is 19.1. The topological polar surface area (TPSA) is 115 Å². The number of sulfone groups is 1. The Morgan fingerprint density at radius 1 is 1.26 bits per heavy atom. The van der Waals surface area contributed by atoms with E-state index in [2.05, 4.69) is 5.16 Å². The lowest BCUT2D eigenvalue weighted by molar-refractivity contribution is -0.138. The number of hydrogen-bond acceptors (Lipinski definition) is 6. The molecule has 11 heteroatoms. The van der Waals surface area contributed by atoms with Crippen LogP contribution in [0.5, 0.6) is 0 Å². The zero-order chi connectivity index (χ0) is 20.1. The average molecular weight is 403 g/mol. The molecule has 3 rings (SSSR count). The van der Waals surface area contributed by atoms with Crippen LogP contribution in [-0.4, -0.2) is 36.7 Å². The van der Waals surface area contributed by atoms with Gasteiger partial charge < -0.3 is 9.63 Å². The number of carboxylic acids is 1. The first-order valence-electron chi connectivity index (χ1n) is 7.60. The molecular weight excluding hydrogens is 391 g/mol. The third-order valence-electron chi connectivity index (χ3n) is 4.07. The van der Waals surface area contributed by atoms with Crippen molar-refractivity contribution in [2.45, 2.75) is 29.8 Å². The van der Waals surface area contributed by atoms with Crippen LogP contribution in [0.15, 0.2) is 27.6 Å². The Balaban J connectivity index is 2.21. The predicted molar refractivity (Wildman–Crippen MR) is 83.4 cm³/mol. The van der Waals surface area contributed by atoms with Gasteiger partial charge in [0.05, 0.1) is 10.5 Å². The fourth-order valence-electron chi connectivity index (χ4n) is 2.61. The molecule has 0 spiro atoms. The maximum Gasteiger partial charge on any atom is 0.417 e. The van der Waals surface area contributed by atoms with Crippen LogP contribution in [0.3, 0.4) is 0 Å². The molecule has 0 saturated heterocycles. The summed E-state index contributed by atoms with van der Waals surface area (Å²) in [6.07, 6.45) is -3.12. The summed E-state index contributed by atoms with van der Waals surface area (Å²) in [5, 5.41) is 12.5. The average Bonchev–Trinajstić information content (AvgIpc) is 3.30. The summed E-state index contributed by atoms with van der Waals surface area (Å²) < 4.78 is 68.4. The van der Waals surface area contributed by atoms with Gasteiger partial charge in [-0.1, -0.05) is 5.16 Å². The van der Waals surface area contributed by atoms with Crippen LogP contribution < -0.4 is 0 Å². The smallest absolute Gasteiger partial charge is 0.417 e. The van der Waals surface area contributed by atoms with Gasteiger partial charge in [-0.05, 0) is 31.0 Å². The molecule has 1 saturated carbocycles. The van der Waals surface area contributed by atoms with E-state index in [0.29, 0.717) is 18.9 Å². The summed E-state index contributed by atoms with van der Waals surface area (Å²) in [5.41, 5.74) is -3.66. The Kier molecular flexibility index (Phi) is 4.37. The van der Waals surface area contributed by atoms with Crippen molar-refractivity contribution < 1.29 is 40.8 Å². The number of halogens is 3. The molecule has 0 aliphatic heterocycles. The lowest BCUT2D eigenvalue weighted by Gasteiger charge is -2.13. The quantitative estimate of drug-likeness (QED) is 0.764. The van der Waals surface area contributed by atoms with Crippen LogP contribution >= 0.6 is 0 Å². The highest BCUT2D eigenvalue weighted by molar-refractivity contribution is 7.90. The number of hydrogen-bond donors (Lipinski definition) is 1. The van der Waals surface area contributed by atoms with E-state index in [4.69, 9.17) is 4.52 Å². The van der Waals surface area contributed by atoms with Crippen LogP contribution in [0.4, 0.5) is 13.2 Å². The molecule has 7 nitrogen and oxygen atoms in total. The van der Waals surface area contributed by atoms with Crippen LogP contribution in [0, 0.1) is 0 Å². The lowest BCUT2D eigenvalue weighted by Crippen LogP contribution is -2.17. The molecule has 1 aliphatic rings. The number of benzene rings is 1. The maximum atomic E-state index is 13.4. The molecule has 0 bridgehead atoms. The highest BCUT2D eigenvalue weighted by Gasteiger charge is 2.41. The standard InChI is InChI=1S/C16H12F3NO6S/c1-27(24,25)8-4-5-9(10(6-8)16(17,18)19)13(21)11-12(15(22)23)20-26-14(11)7-2-3-7/h4-7H,2-3H2,1H3,(H,22,23). The van der Waals surface area contributed by atoms with Crippen molar-refractivity contribution >= 4 is 21.6 Å². The molecule has 0 atom stereocenters. The largest absolute Gasteiger partial charge is 0.476 e. The summed E-state index contributed by atoms with van der Waals surface area (Å²) in [4.78, 5) is 23.5. The summed E-state index contributed by atoms with van der Waals surface area (Å²) in [6.45, 7) is 0. The number of alkyl halides is 3. The number of carbonyl (C=O) groups is 2. The molecule has 1 aromatic heterocycles. The Labute approximate surface area is 150 Å². The van der Waals surface area contributed by atoms with E-state index >= 15 is 0 Å². The first-order valence-corrected chi connectivity index (χ1v) is 9.49. The molecule has 27 heavy (non-hydrogen) atoms. The second-order valence-corrected chi connectivity index (χ2v) is 8.17. The summed E-state index contributed by atoms with van der Waals surface area (Å²) >= 11 is 0. The molecule has 1 aliphatic carbocycles. The second-order valence-electron chi connectivity index (χ2n) is 6.16. The molecule has 144 valence electrons. The SMILES string of the molecule is CS(=O)(=O)c1ccc(C(=O)c2c(C(=O)O)noc2C2CC2)c(C(F)(F)F)c1. The molecule has 1 N–H and O–H groups in total. The number of aromatic carboxylic acids is 1. The van der Waals surface area contributed by atoms with E-state index < -0.39 is 55.0 Å². The van der Waals surface area contributed by atoms with Crippen LogP contribution in [0.2, 0.25) is 0 Å². The molecular formula is C16H12F3NO6S.